The number of benzene rings is 1. The van der Waals surface area contributed by atoms with Crippen LogP contribution in [0.15, 0.2) is 30.5 Å². The number of methoxy groups -OCH3 is 1. The highest BCUT2D eigenvalue weighted by Gasteiger charge is 2.21. The fourth-order valence-electron chi connectivity index (χ4n) is 1.82. The molecule has 1 atom stereocenters. The lowest BCUT2D eigenvalue weighted by molar-refractivity contribution is -0.138. The van der Waals surface area contributed by atoms with Crippen LogP contribution in [-0.4, -0.2) is 28.4 Å². The van der Waals surface area contributed by atoms with Gasteiger partial charge in [-0.3, -0.25) is 9.89 Å². The maximum Gasteiger partial charge on any atom is 0.310 e. The van der Waals surface area contributed by atoms with Crippen molar-refractivity contribution in [3.63, 3.8) is 0 Å². The van der Waals surface area contributed by atoms with Gasteiger partial charge in [-0.05, 0) is 19.1 Å². The van der Waals surface area contributed by atoms with Crippen LogP contribution in [0.25, 0.3) is 11.3 Å². The van der Waals surface area contributed by atoms with Gasteiger partial charge in [0.05, 0.1) is 24.9 Å². The van der Waals surface area contributed by atoms with E-state index in [1.807, 2.05) is 24.3 Å². The number of hydrogen-bond acceptors (Lipinski definition) is 3. The van der Waals surface area contributed by atoms with E-state index in [4.69, 9.17) is 9.84 Å². The summed E-state index contributed by atoms with van der Waals surface area (Å²) in [4.78, 5) is 11.1. The molecule has 1 aromatic heterocycles. The highest BCUT2D eigenvalue weighted by Crippen LogP contribution is 2.33. The minimum atomic E-state index is -0.882. The third-order valence-electron chi connectivity index (χ3n) is 2.88. The van der Waals surface area contributed by atoms with Gasteiger partial charge in [0.25, 0.3) is 0 Å². The number of aromatic nitrogens is 2. The van der Waals surface area contributed by atoms with Gasteiger partial charge in [0, 0.05) is 11.1 Å². The van der Waals surface area contributed by atoms with E-state index >= 15 is 0 Å². The summed E-state index contributed by atoms with van der Waals surface area (Å²) < 4.78 is 5.27. The first-order chi connectivity index (χ1) is 8.65. The number of rotatable bonds is 4. The van der Waals surface area contributed by atoms with Gasteiger partial charge in [-0.1, -0.05) is 12.1 Å². The Kier molecular flexibility index (Phi) is 3.32. The lowest BCUT2D eigenvalue weighted by Crippen LogP contribution is -2.07. The number of H-pyrrole nitrogens is 1. The molecule has 0 aliphatic rings. The van der Waals surface area contributed by atoms with Gasteiger partial charge >= 0.3 is 5.97 Å². The number of carbonyl (C=O) groups is 1. The Hall–Kier alpha value is -2.30. The van der Waals surface area contributed by atoms with Crippen molar-refractivity contribution < 1.29 is 14.6 Å². The number of carboxylic acids is 1. The van der Waals surface area contributed by atoms with Crippen molar-refractivity contribution in [2.45, 2.75) is 12.8 Å². The first-order valence-electron chi connectivity index (χ1n) is 5.54. The maximum absolute atomic E-state index is 11.1. The summed E-state index contributed by atoms with van der Waals surface area (Å²) in [7, 11) is 1.58. The van der Waals surface area contributed by atoms with E-state index in [9.17, 15) is 4.79 Å². The highest BCUT2D eigenvalue weighted by molar-refractivity contribution is 5.80. The number of aliphatic carboxylic acids is 1. The first kappa shape index (κ1) is 12.2. The lowest BCUT2D eigenvalue weighted by atomic mass is 9.98. The van der Waals surface area contributed by atoms with E-state index in [0.29, 0.717) is 17.0 Å². The molecular formula is C13H14N2O3. The third-order valence-corrected chi connectivity index (χ3v) is 2.88. The molecule has 2 aromatic rings. The van der Waals surface area contributed by atoms with Crippen LogP contribution in [0.3, 0.4) is 0 Å². The Bertz CT molecular complexity index is 563. The number of ether oxygens (including phenoxy) is 1. The number of nitrogens with one attached hydrogen (secondary N) is 1. The van der Waals surface area contributed by atoms with Crippen molar-refractivity contribution in [2.24, 2.45) is 0 Å². The second-order valence-electron chi connectivity index (χ2n) is 3.96. The minimum Gasteiger partial charge on any atom is -0.496 e. The molecule has 0 radical (unpaired) electrons. The molecule has 18 heavy (non-hydrogen) atoms. The molecule has 0 spiro atoms. The van der Waals surface area contributed by atoms with Gasteiger partial charge in [0.2, 0.25) is 0 Å². The summed E-state index contributed by atoms with van der Waals surface area (Å²) in [6, 6.07) is 7.42. The smallest absolute Gasteiger partial charge is 0.310 e. The van der Waals surface area contributed by atoms with Crippen LogP contribution in [0, 0.1) is 0 Å². The molecule has 0 aliphatic carbocycles. The van der Waals surface area contributed by atoms with Gasteiger partial charge in [0.15, 0.2) is 0 Å². The number of nitrogens with zero attached hydrogens (tertiary/aromatic N) is 1. The molecule has 0 saturated carbocycles. The Morgan fingerprint density at radius 2 is 2.17 bits per heavy atom. The lowest BCUT2D eigenvalue weighted by Gasteiger charge is -2.10. The zero-order chi connectivity index (χ0) is 13.1. The number of carboxylic acid groups (broad SMARTS) is 1. The van der Waals surface area contributed by atoms with Crippen LogP contribution < -0.4 is 4.74 Å². The average molecular weight is 246 g/mol. The van der Waals surface area contributed by atoms with Crippen molar-refractivity contribution in [1.29, 1.82) is 0 Å². The summed E-state index contributed by atoms with van der Waals surface area (Å²) in [6.07, 6.45) is 1.54. The van der Waals surface area contributed by atoms with Crippen molar-refractivity contribution in [3.05, 3.63) is 36.0 Å². The topological polar surface area (TPSA) is 75.2 Å². The van der Waals surface area contributed by atoms with Crippen molar-refractivity contribution in [2.75, 3.05) is 7.11 Å². The van der Waals surface area contributed by atoms with Crippen LogP contribution in [0.2, 0.25) is 0 Å². The zero-order valence-electron chi connectivity index (χ0n) is 10.2. The van der Waals surface area contributed by atoms with Crippen LogP contribution in [0.1, 0.15) is 18.4 Å². The van der Waals surface area contributed by atoms with E-state index in [2.05, 4.69) is 10.2 Å². The minimum absolute atomic E-state index is 0.622. The monoisotopic (exact) mass is 246 g/mol. The molecule has 1 heterocycles. The molecule has 0 amide bonds. The largest absolute Gasteiger partial charge is 0.496 e. The normalized spacial score (nSPS) is 12.1. The van der Waals surface area contributed by atoms with Gasteiger partial charge in [-0.25, -0.2) is 0 Å². The second-order valence-corrected chi connectivity index (χ2v) is 3.96. The molecule has 0 aliphatic heterocycles. The van der Waals surface area contributed by atoms with Gasteiger partial charge in [-0.15, -0.1) is 0 Å². The van der Waals surface area contributed by atoms with Crippen LogP contribution in [0.5, 0.6) is 5.75 Å². The van der Waals surface area contributed by atoms with E-state index in [1.54, 1.807) is 20.2 Å². The van der Waals surface area contributed by atoms with Crippen molar-refractivity contribution >= 4 is 5.97 Å². The Morgan fingerprint density at radius 3 is 2.83 bits per heavy atom. The molecule has 2 N–H and O–H groups in total. The predicted octanol–water partition coefficient (Wildman–Crippen LogP) is 2.27. The fourth-order valence-corrected chi connectivity index (χ4v) is 1.82. The first-order valence-corrected chi connectivity index (χ1v) is 5.54. The number of aromatic amines is 1. The number of para-hydroxylation sites is 1. The third kappa shape index (κ3) is 2.07. The van der Waals surface area contributed by atoms with Crippen LogP contribution in [0.4, 0.5) is 0 Å². The standard InChI is InChI=1S/C13H14N2O3/c1-8(13(16)17)10-7-14-15-12(10)9-5-3-4-6-11(9)18-2/h3-8H,1-2H3,(H,14,15)(H,16,17). The Balaban J connectivity index is 2.52. The summed E-state index contributed by atoms with van der Waals surface area (Å²) in [5, 5.41) is 15.9. The van der Waals surface area contributed by atoms with Crippen molar-refractivity contribution in [3.8, 4) is 17.0 Å². The SMILES string of the molecule is COc1ccccc1-c1[nH]ncc1C(C)C(=O)O. The van der Waals surface area contributed by atoms with Crippen LogP contribution >= 0.6 is 0 Å². The molecule has 0 saturated heterocycles. The molecule has 5 nitrogen and oxygen atoms in total. The molecule has 0 fully saturated rings. The van der Waals surface area contributed by atoms with Crippen molar-refractivity contribution in [1.82, 2.24) is 10.2 Å². The Morgan fingerprint density at radius 1 is 1.44 bits per heavy atom. The summed E-state index contributed by atoms with van der Waals surface area (Å²) in [5.41, 5.74) is 2.13. The van der Waals surface area contributed by atoms with Gasteiger partial charge in [0.1, 0.15) is 5.75 Å². The molecule has 94 valence electrons. The van der Waals surface area contributed by atoms with Gasteiger partial charge in [-0.2, -0.15) is 5.10 Å². The average Bonchev–Trinajstić information content (AvgIpc) is 2.86. The quantitative estimate of drug-likeness (QED) is 0.867. The summed E-state index contributed by atoms with van der Waals surface area (Å²) in [5.74, 6) is -0.822. The van der Waals surface area contributed by atoms with Gasteiger partial charge < -0.3 is 9.84 Å². The van der Waals surface area contributed by atoms with E-state index in [-0.39, 0.29) is 0 Å². The highest BCUT2D eigenvalue weighted by atomic mass is 16.5. The molecule has 1 unspecified atom stereocenters. The Labute approximate surface area is 104 Å². The fraction of sp³-hybridized carbons (Fsp3) is 0.231. The second kappa shape index (κ2) is 4.91. The summed E-state index contributed by atoms with van der Waals surface area (Å²) >= 11 is 0. The molecule has 5 heteroatoms. The summed E-state index contributed by atoms with van der Waals surface area (Å²) in [6.45, 7) is 1.63. The van der Waals surface area contributed by atoms with E-state index in [0.717, 1.165) is 5.56 Å². The zero-order valence-corrected chi connectivity index (χ0v) is 10.2. The maximum atomic E-state index is 11.1. The van der Waals surface area contributed by atoms with E-state index < -0.39 is 11.9 Å². The molecule has 2 rings (SSSR count). The predicted molar refractivity (Wildman–Crippen MR) is 66.6 cm³/mol. The van der Waals surface area contributed by atoms with E-state index in [1.165, 1.54) is 0 Å². The molecule has 0 bridgehead atoms. The number of hydrogen-bond donors (Lipinski definition) is 2. The molecular weight excluding hydrogens is 232 g/mol. The molecule has 1 aromatic carbocycles. The van der Waals surface area contributed by atoms with Crippen LogP contribution in [-0.2, 0) is 4.79 Å².